The van der Waals surface area contributed by atoms with E-state index in [2.05, 4.69) is 5.32 Å². The van der Waals surface area contributed by atoms with Crippen molar-refractivity contribution in [2.75, 3.05) is 22.1 Å². The Bertz CT molecular complexity index is 1360. The van der Waals surface area contributed by atoms with Gasteiger partial charge in [0.2, 0.25) is 16.7 Å². The summed E-state index contributed by atoms with van der Waals surface area (Å²) in [5.74, 6) is -0.552. The van der Waals surface area contributed by atoms with E-state index < -0.39 is 4.87 Å². The standard InChI is InChI=1S/C27H24ClN3O3S/c1-17-11-12-20(13-18(17)2)31-25(33)16-35-27(31)21-8-4-6-10-23(21)30(26(27)34)15-24(32)29-14-19-7-3-5-9-22(19)28/h3-13H,14-16H2,1-2H3,(H,29,32)/t27-/m1/s1. The minimum atomic E-state index is -1.24. The van der Waals surface area contributed by atoms with Gasteiger partial charge in [-0.2, -0.15) is 0 Å². The second-order valence-corrected chi connectivity index (χ2v) is 10.3. The Kier molecular flexibility index (Phi) is 6.07. The predicted octanol–water partition coefficient (Wildman–Crippen LogP) is 4.55. The zero-order valence-electron chi connectivity index (χ0n) is 19.4. The molecule has 0 radical (unpaired) electrons. The van der Waals surface area contributed by atoms with Crippen molar-refractivity contribution in [3.05, 3.63) is 94.0 Å². The molecular weight excluding hydrogens is 482 g/mol. The van der Waals surface area contributed by atoms with Crippen molar-refractivity contribution in [1.29, 1.82) is 0 Å². The van der Waals surface area contributed by atoms with Gasteiger partial charge < -0.3 is 5.32 Å². The minimum absolute atomic E-state index is 0.133. The Morgan fingerprint density at radius 2 is 1.77 bits per heavy atom. The van der Waals surface area contributed by atoms with Gasteiger partial charge >= 0.3 is 0 Å². The number of para-hydroxylation sites is 1. The highest BCUT2D eigenvalue weighted by Gasteiger charge is 2.61. The summed E-state index contributed by atoms with van der Waals surface area (Å²) in [6.45, 7) is 4.10. The van der Waals surface area contributed by atoms with Gasteiger partial charge in [0.1, 0.15) is 6.54 Å². The number of benzene rings is 3. The smallest absolute Gasteiger partial charge is 0.269 e. The van der Waals surface area contributed by atoms with Crippen molar-refractivity contribution >= 4 is 52.5 Å². The molecule has 2 aliphatic heterocycles. The lowest BCUT2D eigenvalue weighted by molar-refractivity contribution is -0.125. The van der Waals surface area contributed by atoms with Gasteiger partial charge in [0, 0.05) is 22.8 Å². The molecule has 8 heteroatoms. The van der Waals surface area contributed by atoms with E-state index in [1.807, 2.05) is 74.5 Å². The number of aryl methyl sites for hydroxylation is 2. The molecule has 178 valence electrons. The summed E-state index contributed by atoms with van der Waals surface area (Å²) in [4.78, 5) is 41.9. The van der Waals surface area contributed by atoms with E-state index in [1.165, 1.54) is 16.7 Å². The first-order valence-electron chi connectivity index (χ1n) is 11.3. The number of amides is 3. The van der Waals surface area contributed by atoms with Gasteiger partial charge in [-0.15, -0.1) is 11.8 Å². The molecular formula is C27H24ClN3O3S. The van der Waals surface area contributed by atoms with Gasteiger partial charge in [0.05, 0.1) is 11.4 Å². The highest BCUT2D eigenvalue weighted by atomic mass is 35.5. The maximum atomic E-state index is 14.0. The highest BCUT2D eigenvalue weighted by Crippen LogP contribution is 2.55. The molecule has 0 bridgehead atoms. The lowest BCUT2D eigenvalue weighted by Crippen LogP contribution is -2.51. The van der Waals surface area contributed by atoms with E-state index in [0.29, 0.717) is 16.4 Å². The van der Waals surface area contributed by atoms with Gasteiger partial charge in [-0.1, -0.05) is 54.1 Å². The molecule has 2 aliphatic rings. The number of nitrogens with one attached hydrogen (secondary N) is 1. The third-order valence-electron chi connectivity index (χ3n) is 6.55. The number of carbonyl (C=O) groups excluding carboxylic acids is 3. The van der Waals surface area contributed by atoms with Gasteiger partial charge in [0.25, 0.3) is 5.91 Å². The first kappa shape index (κ1) is 23.5. The molecule has 35 heavy (non-hydrogen) atoms. The Hall–Kier alpha value is -3.29. The lowest BCUT2D eigenvalue weighted by Gasteiger charge is -2.33. The largest absolute Gasteiger partial charge is 0.350 e. The van der Waals surface area contributed by atoms with Gasteiger partial charge in [-0.25, -0.2) is 0 Å². The number of thioether (sulfide) groups is 1. The molecule has 5 rings (SSSR count). The Morgan fingerprint density at radius 1 is 1.03 bits per heavy atom. The topological polar surface area (TPSA) is 69.7 Å². The lowest BCUT2D eigenvalue weighted by atomic mass is 10.0. The van der Waals surface area contributed by atoms with Crippen molar-refractivity contribution in [2.45, 2.75) is 25.3 Å². The molecule has 0 aromatic heterocycles. The molecule has 3 amide bonds. The summed E-state index contributed by atoms with van der Waals surface area (Å²) >= 11 is 7.51. The molecule has 3 aromatic carbocycles. The summed E-state index contributed by atoms with van der Waals surface area (Å²) in [7, 11) is 0. The first-order chi connectivity index (χ1) is 16.8. The summed E-state index contributed by atoms with van der Waals surface area (Å²) in [5, 5.41) is 3.43. The molecule has 0 saturated carbocycles. The number of rotatable bonds is 5. The molecule has 1 spiro atoms. The van der Waals surface area contributed by atoms with E-state index in [-0.39, 0.29) is 36.6 Å². The number of hydrogen-bond donors (Lipinski definition) is 1. The van der Waals surface area contributed by atoms with Crippen LogP contribution < -0.4 is 15.1 Å². The summed E-state index contributed by atoms with van der Waals surface area (Å²) < 4.78 is 0. The fourth-order valence-corrected chi connectivity index (χ4v) is 6.17. The third kappa shape index (κ3) is 3.89. The number of fused-ring (bicyclic) bond motifs is 2. The molecule has 2 heterocycles. The summed E-state index contributed by atoms with van der Waals surface area (Å²) in [6.07, 6.45) is 0. The summed E-state index contributed by atoms with van der Waals surface area (Å²) in [5.41, 5.74) is 4.98. The van der Waals surface area contributed by atoms with Crippen LogP contribution in [0.25, 0.3) is 0 Å². The van der Waals surface area contributed by atoms with Crippen molar-refractivity contribution in [2.24, 2.45) is 0 Å². The molecule has 0 unspecified atom stereocenters. The van der Waals surface area contributed by atoms with Gasteiger partial charge in [-0.05, 0) is 54.8 Å². The minimum Gasteiger partial charge on any atom is -0.350 e. The molecule has 6 nitrogen and oxygen atoms in total. The third-order valence-corrected chi connectivity index (χ3v) is 8.30. The Labute approximate surface area is 213 Å². The maximum absolute atomic E-state index is 14.0. The predicted molar refractivity (Wildman–Crippen MR) is 140 cm³/mol. The fourth-order valence-electron chi connectivity index (χ4n) is 4.61. The van der Waals surface area contributed by atoms with E-state index >= 15 is 0 Å². The van der Waals surface area contributed by atoms with E-state index in [9.17, 15) is 14.4 Å². The van der Waals surface area contributed by atoms with Crippen LogP contribution >= 0.6 is 23.4 Å². The zero-order valence-corrected chi connectivity index (χ0v) is 20.9. The quantitative estimate of drug-likeness (QED) is 0.552. The van der Waals surface area contributed by atoms with E-state index in [0.717, 1.165) is 22.3 Å². The average molecular weight is 506 g/mol. The highest BCUT2D eigenvalue weighted by molar-refractivity contribution is 8.02. The Morgan fingerprint density at radius 3 is 2.54 bits per heavy atom. The number of carbonyl (C=O) groups is 3. The van der Waals surface area contributed by atoms with Crippen LogP contribution in [0.5, 0.6) is 0 Å². The van der Waals surface area contributed by atoms with Crippen molar-refractivity contribution in [3.63, 3.8) is 0 Å². The normalized spacial score (nSPS) is 18.9. The van der Waals surface area contributed by atoms with Crippen LogP contribution in [-0.2, 0) is 25.8 Å². The molecule has 1 saturated heterocycles. The van der Waals surface area contributed by atoms with Crippen molar-refractivity contribution in [1.82, 2.24) is 5.32 Å². The summed E-state index contributed by atoms with van der Waals surface area (Å²) in [6, 6.07) is 20.5. The number of anilines is 2. The van der Waals surface area contributed by atoms with E-state index in [1.54, 1.807) is 11.0 Å². The van der Waals surface area contributed by atoms with Crippen LogP contribution in [0.4, 0.5) is 11.4 Å². The Balaban J connectivity index is 1.47. The van der Waals surface area contributed by atoms with Crippen LogP contribution in [0.1, 0.15) is 22.3 Å². The number of hydrogen-bond acceptors (Lipinski definition) is 4. The van der Waals surface area contributed by atoms with Crippen LogP contribution in [-0.4, -0.2) is 30.0 Å². The van der Waals surface area contributed by atoms with Crippen LogP contribution in [0.2, 0.25) is 5.02 Å². The van der Waals surface area contributed by atoms with Gasteiger partial charge in [-0.3, -0.25) is 24.2 Å². The molecule has 1 fully saturated rings. The van der Waals surface area contributed by atoms with Gasteiger partial charge in [0.15, 0.2) is 0 Å². The first-order valence-corrected chi connectivity index (χ1v) is 12.6. The van der Waals surface area contributed by atoms with Crippen molar-refractivity contribution < 1.29 is 14.4 Å². The van der Waals surface area contributed by atoms with Crippen LogP contribution in [0.15, 0.2) is 66.7 Å². The average Bonchev–Trinajstić information content (AvgIpc) is 3.31. The zero-order chi connectivity index (χ0) is 24.7. The molecule has 1 atom stereocenters. The van der Waals surface area contributed by atoms with Crippen LogP contribution in [0.3, 0.4) is 0 Å². The SMILES string of the molecule is Cc1ccc(N2C(=O)CS[C@]23C(=O)N(CC(=O)NCc2ccccc2Cl)c2ccccc23)cc1C. The van der Waals surface area contributed by atoms with Crippen LogP contribution in [0, 0.1) is 13.8 Å². The maximum Gasteiger partial charge on any atom is 0.269 e. The number of halogens is 1. The molecule has 3 aromatic rings. The number of nitrogens with zero attached hydrogens (tertiary/aromatic N) is 2. The molecule has 0 aliphatic carbocycles. The molecule has 1 N–H and O–H groups in total. The van der Waals surface area contributed by atoms with Crippen molar-refractivity contribution in [3.8, 4) is 0 Å². The second kappa shape index (κ2) is 9.06. The van der Waals surface area contributed by atoms with E-state index in [4.69, 9.17) is 11.6 Å². The fraction of sp³-hybridized carbons (Fsp3) is 0.222. The second-order valence-electron chi connectivity index (χ2n) is 8.71. The monoisotopic (exact) mass is 505 g/mol.